The molecule has 3 heteroatoms. The highest BCUT2D eigenvalue weighted by molar-refractivity contribution is 8.00. The summed E-state index contributed by atoms with van der Waals surface area (Å²) in [6.45, 7) is 3.27. The molecular formula is C16H19NOS. The maximum atomic E-state index is 5.38. The molecule has 2 nitrogen and oxygen atoms in total. The second kappa shape index (κ2) is 5.85. The highest BCUT2D eigenvalue weighted by Gasteiger charge is 2.21. The van der Waals surface area contributed by atoms with E-state index in [0.29, 0.717) is 11.3 Å². The second-order valence-corrected chi connectivity index (χ2v) is 6.49. The van der Waals surface area contributed by atoms with Crippen LogP contribution in [0.4, 0.5) is 0 Å². The van der Waals surface area contributed by atoms with Crippen LogP contribution in [0.25, 0.3) is 0 Å². The number of hydrogen-bond donors (Lipinski definition) is 1. The Hall–Kier alpha value is -1.19. The van der Waals surface area contributed by atoms with Crippen LogP contribution in [0.1, 0.15) is 18.2 Å². The molecule has 1 aliphatic heterocycles. The Balaban J connectivity index is 1.46. The Bertz CT molecular complexity index is 498. The Kier molecular flexibility index (Phi) is 3.95. The normalized spacial score (nSPS) is 19.3. The third kappa shape index (κ3) is 3.23. The van der Waals surface area contributed by atoms with Gasteiger partial charge in [-0.25, -0.2) is 0 Å². The van der Waals surface area contributed by atoms with Crippen LogP contribution in [0.3, 0.4) is 0 Å². The second-order valence-electron chi connectivity index (χ2n) is 5.14. The molecule has 0 radical (unpaired) electrons. The summed E-state index contributed by atoms with van der Waals surface area (Å²) in [6, 6.07) is 13.2. The molecule has 2 atom stereocenters. The first-order valence-electron chi connectivity index (χ1n) is 6.81. The van der Waals surface area contributed by atoms with Gasteiger partial charge in [-0.05, 0) is 37.1 Å². The van der Waals surface area contributed by atoms with Gasteiger partial charge in [-0.15, -0.1) is 11.8 Å². The van der Waals surface area contributed by atoms with E-state index in [1.807, 2.05) is 23.9 Å². The van der Waals surface area contributed by atoms with Gasteiger partial charge in [0.15, 0.2) is 0 Å². The number of thioether (sulfide) groups is 1. The smallest absolute Gasteiger partial charge is 0.105 e. The zero-order valence-corrected chi connectivity index (χ0v) is 12.0. The van der Waals surface area contributed by atoms with Crippen LogP contribution in [-0.4, -0.2) is 17.8 Å². The number of benzene rings is 1. The molecule has 0 saturated heterocycles. The zero-order chi connectivity index (χ0) is 13.1. The molecule has 1 N–H and O–H groups in total. The lowest BCUT2D eigenvalue weighted by molar-refractivity contribution is 0.457. The molecule has 2 unspecified atom stereocenters. The molecule has 2 aromatic rings. The van der Waals surface area contributed by atoms with Crippen molar-refractivity contribution in [3.63, 3.8) is 0 Å². The molecule has 0 amide bonds. The average Bonchev–Trinajstić information content (AvgIpc) is 3.04. The fourth-order valence-corrected chi connectivity index (χ4v) is 3.76. The van der Waals surface area contributed by atoms with Crippen molar-refractivity contribution in [3.8, 4) is 0 Å². The minimum absolute atomic E-state index is 0.454. The van der Waals surface area contributed by atoms with Crippen molar-refractivity contribution in [1.29, 1.82) is 0 Å². The van der Waals surface area contributed by atoms with Crippen molar-refractivity contribution in [2.75, 3.05) is 6.54 Å². The van der Waals surface area contributed by atoms with Gasteiger partial charge in [-0.1, -0.05) is 18.2 Å². The Morgan fingerprint density at radius 1 is 1.32 bits per heavy atom. The quantitative estimate of drug-likeness (QED) is 0.902. The molecule has 0 saturated carbocycles. The lowest BCUT2D eigenvalue weighted by Crippen LogP contribution is -2.33. The van der Waals surface area contributed by atoms with Gasteiger partial charge in [-0.3, -0.25) is 0 Å². The average molecular weight is 273 g/mol. The van der Waals surface area contributed by atoms with Crippen LogP contribution < -0.4 is 5.32 Å². The number of furan rings is 1. The first-order valence-corrected chi connectivity index (χ1v) is 7.69. The van der Waals surface area contributed by atoms with E-state index < -0.39 is 0 Å². The number of fused-ring (bicyclic) bond motifs is 1. The lowest BCUT2D eigenvalue weighted by Gasteiger charge is -2.15. The van der Waals surface area contributed by atoms with Gasteiger partial charge in [0.05, 0.1) is 6.26 Å². The number of nitrogens with one attached hydrogen (secondary N) is 1. The maximum absolute atomic E-state index is 5.38. The number of hydrogen-bond acceptors (Lipinski definition) is 3. The van der Waals surface area contributed by atoms with Crippen LogP contribution in [-0.2, 0) is 12.8 Å². The topological polar surface area (TPSA) is 25.2 Å². The van der Waals surface area contributed by atoms with Crippen molar-refractivity contribution in [2.45, 2.75) is 36.0 Å². The summed E-state index contributed by atoms with van der Waals surface area (Å²) in [6.07, 6.45) is 3.88. The third-order valence-corrected chi connectivity index (χ3v) is 4.81. The first-order chi connectivity index (χ1) is 9.31. The molecule has 3 rings (SSSR count). The number of rotatable bonds is 5. The standard InChI is InChI=1S/C16H19NOS/c1-12(9-14-6-4-8-18-14)17-11-15-10-13-5-2-3-7-16(13)19-15/h2-8,12,15,17H,9-11H2,1H3. The molecule has 19 heavy (non-hydrogen) atoms. The van der Waals surface area contributed by atoms with Gasteiger partial charge >= 0.3 is 0 Å². The van der Waals surface area contributed by atoms with Crippen LogP contribution in [0.5, 0.6) is 0 Å². The molecule has 1 aliphatic rings. The van der Waals surface area contributed by atoms with E-state index in [0.717, 1.165) is 18.7 Å². The summed E-state index contributed by atoms with van der Waals surface area (Å²) in [7, 11) is 0. The van der Waals surface area contributed by atoms with Crippen molar-refractivity contribution >= 4 is 11.8 Å². The summed E-state index contributed by atoms with van der Waals surface area (Å²) >= 11 is 2.00. The van der Waals surface area contributed by atoms with Crippen LogP contribution >= 0.6 is 11.8 Å². The minimum Gasteiger partial charge on any atom is -0.469 e. The fourth-order valence-electron chi connectivity index (χ4n) is 2.50. The first kappa shape index (κ1) is 12.8. The molecule has 0 spiro atoms. The lowest BCUT2D eigenvalue weighted by atomic mass is 10.1. The Morgan fingerprint density at radius 3 is 3.00 bits per heavy atom. The van der Waals surface area contributed by atoms with Gasteiger partial charge in [0.25, 0.3) is 0 Å². The Labute approximate surface area is 118 Å². The zero-order valence-electron chi connectivity index (χ0n) is 11.1. The van der Waals surface area contributed by atoms with E-state index in [2.05, 4.69) is 36.5 Å². The molecule has 1 aromatic carbocycles. The highest BCUT2D eigenvalue weighted by Crippen LogP contribution is 2.36. The van der Waals surface area contributed by atoms with Crippen molar-refractivity contribution in [2.24, 2.45) is 0 Å². The molecule has 1 aromatic heterocycles. The summed E-state index contributed by atoms with van der Waals surface area (Å²) in [5.41, 5.74) is 1.50. The molecule has 0 bridgehead atoms. The third-order valence-electron chi connectivity index (χ3n) is 3.50. The summed E-state index contributed by atoms with van der Waals surface area (Å²) in [5, 5.41) is 4.28. The largest absolute Gasteiger partial charge is 0.469 e. The van der Waals surface area contributed by atoms with E-state index in [4.69, 9.17) is 4.42 Å². The van der Waals surface area contributed by atoms with Crippen molar-refractivity contribution in [1.82, 2.24) is 5.32 Å². The summed E-state index contributed by atoms with van der Waals surface area (Å²) in [4.78, 5) is 1.45. The van der Waals surface area contributed by atoms with Gasteiger partial charge in [-0.2, -0.15) is 0 Å². The predicted octanol–water partition coefficient (Wildman–Crippen LogP) is 3.52. The molecule has 0 aliphatic carbocycles. The molecule has 100 valence electrons. The maximum Gasteiger partial charge on any atom is 0.105 e. The van der Waals surface area contributed by atoms with Gasteiger partial charge in [0, 0.05) is 29.2 Å². The van der Waals surface area contributed by atoms with E-state index in [1.165, 1.54) is 16.9 Å². The van der Waals surface area contributed by atoms with E-state index in [1.54, 1.807) is 6.26 Å². The highest BCUT2D eigenvalue weighted by atomic mass is 32.2. The molecule has 0 fully saturated rings. The van der Waals surface area contributed by atoms with Crippen LogP contribution in [0.15, 0.2) is 52.0 Å². The van der Waals surface area contributed by atoms with Crippen LogP contribution in [0, 0.1) is 0 Å². The monoisotopic (exact) mass is 273 g/mol. The van der Waals surface area contributed by atoms with E-state index in [-0.39, 0.29) is 0 Å². The van der Waals surface area contributed by atoms with E-state index >= 15 is 0 Å². The van der Waals surface area contributed by atoms with Gasteiger partial charge in [0.1, 0.15) is 5.76 Å². The van der Waals surface area contributed by atoms with Crippen molar-refractivity contribution in [3.05, 3.63) is 54.0 Å². The molecular weight excluding hydrogens is 254 g/mol. The van der Waals surface area contributed by atoms with Gasteiger partial charge < -0.3 is 9.73 Å². The van der Waals surface area contributed by atoms with Crippen molar-refractivity contribution < 1.29 is 4.42 Å². The van der Waals surface area contributed by atoms with Gasteiger partial charge in [0.2, 0.25) is 0 Å². The van der Waals surface area contributed by atoms with Crippen LogP contribution in [0.2, 0.25) is 0 Å². The summed E-state index contributed by atoms with van der Waals surface area (Å²) < 4.78 is 5.38. The Morgan fingerprint density at radius 2 is 2.21 bits per heavy atom. The predicted molar refractivity (Wildman–Crippen MR) is 79.7 cm³/mol. The van der Waals surface area contributed by atoms with E-state index in [9.17, 15) is 0 Å². The molecule has 2 heterocycles. The summed E-state index contributed by atoms with van der Waals surface area (Å²) in [5.74, 6) is 1.06. The fraction of sp³-hybridized carbons (Fsp3) is 0.375. The SMILES string of the molecule is CC(Cc1ccco1)NCC1Cc2ccccc2S1. The minimum atomic E-state index is 0.454.